The Morgan fingerprint density at radius 1 is 1.24 bits per heavy atom. The Kier molecular flexibility index (Phi) is 3.14. The molecule has 21 heavy (non-hydrogen) atoms. The van der Waals surface area contributed by atoms with Gasteiger partial charge in [0.2, 0.25) is 5.16 Å². The van der Waals surface area contributed by atoms with Crippen molar-refractivity contribution >= 4 is 17.5 Å². The highest BCUT2D eigenvalue weighted by atomic mass is 32.2. The van der Waals surface area contributed by atoms with Crippen molar-refractivity contribution in [2.24, 2.45) is 30.2 Å². The molecular weight excluding hydrogens is 284 g/mol. The summed E-state index contributed by atoms with van der Waals surface area (Å²) in [5, 5.41) is 12.2. The predicted octanol–water partition coefficient (Wildman–Crippen LogP) is 2.48. The Balaban J connectivity index is 1.53. The highest BCUT2D eigenvalue weighted by Crippen LogP contribution is 2.61. The van der Waals surface area contributed by atoms with E-state index in [0.717, 1.165) is 42.2 Å². The number of thioether (sulfide) groups is 1. The minimum atomic E-state index is -0.0500. The van der Waals surface area contributed by atoms with Crippen molar-refractivity contribution in [3.8, 4) is 0 Å². The van der Waals surface area contributed by atoms with Crippen LogP contribution in [-0.2, 0) is 11.8 Å². The Bertz CT molecular complexity index is 534. The molecule has 0 aromatic carbocycles. The zero-order valence-corrected chi connectivity index (χ0v) is 13.5. The minimum absolute atomic E-state index is 0.0206. The molecule has 4 bridgehead atoms. The lowest BCUT2D eigenvalue weighted by molar-refractivity contribution is -0.142. The van der Waals surface area contributed by atoms with Crippen molar-refractivity contribution in [2.45, 2.75) is 55.9 Å². The van der Waals surface area contributed by atoms with Crippen LogP contribution in [0.15, 0.2) is 5.16 Å². The lowest BCUT2D eigenvalue weighted by atomic mass is 9.48. The largest absolute Gasteiger partial charge is 0.298 e. The molecule has 1 atom stereocenters. The smallest absolute Gasteiger partial charge is 0.209 e. The van der Waals surface area contributed by atoms with E-state index in [0.29, 0.717) is 5.78 Å². The third kappa shape index (κ3) is 2.22. The lowest BCUT2D eigenvalue weighted by Gasteiger charge is -2.56. The van der Waals surface area contributed by atoms with Crippen LogP contribution in [-0.4, -0.2) is 31.2 Å². The van der Waals surface area contributed by atoms with E-state index in [4.69, 9.17) is 0 Å². The van der Waals surface area contributed by atoms with Crippen LogP contribution in [0.5, 0.6) is 0 Å². The van der Waals surface area contributed by atoms with Gasteiger partial charge in [-0.1, -0.05) is 11.8 Å². The number of aryl methyl sites for hydroxylation is 1. The van der Waals surface area contributed by atoms with Gasteiger partial charge in [-0.15, -0.1) is 5.10 Å². The number of Topliss-reactive ketones (excluding diaryl/α,β-unsaturated/α-hetero) is 1. The van der Waals surface area contributed by atoms with Crippen molar-refractivity contribution in [3.63, 3.8) is 0 Å². The molecular formula is C15H22N4OS. The van der Waals surface area contributed by atoms with Crippen molar-refractivity contribution in [1.82, 2.24) is 20.2 Å². The number of carbonyl (C=O) groups excluding carboxylic acids is 1. The zero-order valence-electron chi connectivity index (χ0n) is 12.7. The fourth-order valence-corrected chi connectivity index (χ4v) is 6.32. The Hall–Kier alpha value is -0.910. The number of rotatable bonds is 4. The summed E-state index contributed by atoms with van der Waals surface area (Å²) >= 11 is 1.51. The van der Waals surface area contributed by atoms with E-state index in [-0.39, 0.29) is 10.7 Å². The molecule has 0 unspecified atom stereocenters. The molecule has 5 nitrogen and oxygen atoms in total. The fourth-order valence-electron chi connectivity index (χ4n) is 5.38. The van der Waals surface area contributed by atoms with E-state index < -0.39 is 0 Å². The van der Waals surface area contributed by atoms with Gasteiger partial charge < -0.3 is 0 Å². The molecule has 1 aromatic heterocycles. The van der Waals surface area contributed by atoms with Gasteiger partial charge in [0, 0.05) is 12.5 Å². The molecule has 0 amide bonds. The number of ketones is 1. The van der Waals surface area contributed by atoms with Gasteiger partial charge in [-0.25, -0.2) is 4.68 Å². The Labute approximate surface area is 129 Å². The van der Waals surface area contributed by atoms with Crippen LogP contribution in [0, 0.1) is 23.2 Å². The number of hydrogen-bond acceptors (Lipinski definition) is 5. The number of nitrogens with zero attached hydrogens (tertiary/aromatic N) is 4. The minimum Gasteiger partial charge on any atom is -0.298 e. The molecule has 114 valence electrons. The van der Waals surface area contributed by atoms with Gasteiger partial charge >= 0.3 is 0 Å². The highest BCUT2D eigenvalue weighted by Gasteiger charge is 2.55. The summed E-state index contributed by atoms with van der Waals surface area (Å²) in [6, 6.07) is 0. The highest BCUT2D eigenvalue weighted by molar-refractivity contribution is 8.00. The maximum atomic E-state index is 13.1. The Morgan fingerprint density at radius 3 is 2.29 bits per heavy atom. The molecule has 0 spiro atoms. The standard InChI is InChI=1S/C15H22N4OS/c1-9(21-14-16-17-18-19(14)2)13(20)15-6-10-3-11(7-15)5-12(4-10)8-15/h9-12H,3-8H2,1-2H3/t9-,10?,11?,12?,15?/m1/s1. The topological polar surface area (TPSA) is 60.7 Å². The Morgan fingerprint density at radius 2 is 1.81 bits per heavy atom. The van der Waals surface area contributed by atoms with E-state index in [2.05, 4.69) is 15.5 Å². The average molecular weight is 306 g/mol. The van der Waals surface area contributed by atoms with Gasteiger partial charge in [0.1, 0.15) is 0 Å². The third-order valence-electron chi connectivity index (χ3n) is 5.79. The van der Waals surface area contributed by atoms with Crippen LogP contribution in [0.3, 0.4) is 0 Å². The number of tetrazole rings is 1. The van der Waals surface area contributed by atoms with Crippen LogP contribution in [0.2, 0.25) is 0 Å². The molecule has 6 heteroatoms. The van der Waals surface area contributed by atoms with E-state index in [9.17, 15) is 4.79 Å². The van der Waals surface area contributed by atoms with Crippen LogP contribution in [0.1, 0.15) is 45.4 Å². The fraction of sp³-hybridized carbons (Fsp3) is 0.867. The van der Waals surface area contributed by atoms with Gasteiger partial charge in [-0.3, -0.25) is 4.79 Å². The molecule has 0 aliphatic heterocycles. The third-order valence-corrected chi connectivity index (χ3v) is 6.92. The van der Waals surface area contributed by atoms with Crippen molar-refractivity contribution < 1.29 is 4.79 Å². The first-order chi connectivity index (χ1) is 10.1. The number of hydrogen-bond donors (Lipinski definition) is 0. The second-order valence-corrected chi connectivity index (χ2v) is 8.72. The number of aromatic nitrogens is 4. The summed E-state index contributed by atoms with van der Waals surface area (Å²) in [6.45, 7) is 2.03. The van der Waals surface area contributed by atoms with Crippen LogP contribution in [0.4, 0.5) is 0 Å². The van der Waals surface area contributed by atoms with Crippen molar-refractivity contribution in [1.29, 1.82) is 0 Å². The first-order valence-corrected chi connectivity index (χ1v) is 8.87. The second kappa shape index (κ2) is 4.80. The first kappa shape index (κ1) is 13.7. The molecule has 1 heterocycles. The molecule has 4 aliphatic rings. The lowest BCUT2D eigenvalue weighted by Crippen LogP contribution is -2.51. The monoisotopic (exact) mass is 306 g/mol. The molecule has 0 N–H and O–H groups in total. The summed E-state index contributed by atoms with van der Waals surface area (Å²) in [5.41, 5.74) is -0.0206. The summed E-state index contributed by atoms with van der Waals surface area (Å²) < 4.78 is 1.65. The van der Waals surface area contributed by atoms with E-state index in [1.54, 1.807) is 4.68 Å². The van der Waals surface area contributed by atoms with E-state index in [1.807, 2.05) is 14.0 Å². The summed E-state index contributed by atoms with van der Waals surface area (Å²) in [6.07, 6.45) is 7.54. The van der Waals surface area contributed by atoms with Crippen molar-refractivity contribution in [3.05, 3.63) is 0 Å². The maximum Gasteiger partial charge on any atom is 0.209 e. The molecule has 0 saturated heterocycles. The molecule has 5 rings (SSSR count). The molecule has 0 radical (unpaired) electrons. The first-order valence-electron chi connectivity index (χ1n) is 7.99. The summed E-state index contributed by atoms with van der Waals surface area (Å²) in [4.78, 5) is 13.1. The van der Waals surface area contributed by atoms with E-state index >= 15 is 0 Å². The van der Waals surface area contributed by atoms with Crippen LogP contribution < -0.4 is 0 Å². The summed E-state index contributed by atoms with van der Waals surface area (Å²) in [7, 11) is 1.82. The predicted molar refractivity (Wildman–Crippen MR) is 79.7 cm³/mol. The SMILES string of the molecule is C[C@@H](Sc1nnnn1C)C(=O)C12CC3CC(CC(C3)C1)C2. The summed E-state index contributed by atoms with van der Waals surface area (Å²) in [5.74, 6) is 2.89. The maximum absolute atomic E-state index is 13.1. The van der Waals surface area contributed by atoms with Crippen LogP contribution >= 0.6 is 11.8 Å². The van der Waals surface area contributed by atoms with Gasteiger partial charge in [-0.2, -0.15) is 0 Å². The van der Waals surface area contributed by atoms with Gasteiger partial charge in [0.05, 0.1) is 5.25 Å². The van der Waals surface area contributed by atoms with Gasteiger partial charge in [0.15, 0.2) is 5.78 Å². The van der Waals surface area contributed by atoms with E-state index in [1.165, 1.54) is 31.0 Å². The molecule has 1 aromatic rings. The second-order valence-electron chi connectivity index (χ2n) is 7.41. The molecule has 4 aliphatic carbocycles. The average Bonchev–Trinajstić information content (AvgIpc) is 2.82. The van der Waals surface area contributed by atoms with Crippen LogP contribution in [0.25, 0.3) is 0 Å². The van der Waals surface area contributed by atoms with Crippen molar-refractivity contribution in [2.75, 3.05) is 0 Å². The van der Waals surface area contributed by atoms with Gasteiger partial charge in [0.25, 0.3) is 0 Å². The van der Waals surface area contributed by atoms with Gasteiger partial charge in [-0.05, 0) is 73.6 Å². The number of carbonyl (C=O) groups is 1. The normalized spacial score (nSPS) is 38.7. The molecule has 4 fully saturated rings. The molecule has 4 saturated carbocycles. The zero-order chi connectivity index (χ0) is 14.6. The quantitative estimate of drug-likeness (QED) is 0.800.